The number of aromatic nitrogens is 3. The first-order chi connectivity index (χ1) is 17.8. The fraction of sp³-hybridized carbons (Fsp3) is 0. The Hall–Kier alpha value is -4.96. The Morgan fingerprint density at radius 1 is 0.528 bits per heavy atom. The molecule has 0 unspecified atom stereocenters. The van der Waals surface area contributed by atoms with Gasteiger partial charge in [0.05, 0.1) is 11.0 Å². The van der Waals surface area contributed by atoms with Crippen LogP contribution in [-0.4, -0.2) is 14.5 Å². The van der Waals surface area contributed by atoms with Gasteiger partial charge in [0.1, 0.15) is 11.6 Å². The average Bonchev–Trinajstić information content (AvgIpc) is 3.27. The van der Waals surface area contributed by atoms with E-state index < -0.39 is 0 Å². The van der Waals surface area contributed by atoms with Crippen LogP contribution in [0.4, 0.5) is 0 Å². The molecule has 170 valence electrons. The molecule has 36 heavy (non-hydrogen) atoms. The van der Waals surface area contributed by atoms with Gasteiger partial charge < -0.3 is 4.74 Å². The lowest BCUT2D eigenvalue weighted by atomic mass is 10.0. The van der Waals surface area contributed by atoms with Gasteiger partial charge in [0.15, 0.2) is 0 Å². The van der Waals surface area contributed by atoms with Crippen LogP contribution in [0.1, 0.15) is 0 Å². The van der Waals surface area contributed by atoms with Crippen molar-refractivity contribution in [1.82, 2.24) is 14.5 Å². The summed E-state index contributed by atoms with van der Waals surface area (Å²) in [4.78, 5) is 9.13. The van der Waals surface area contributed by atoms with E-state index in [4.69, 9.17) is 9.72 Å². The van der Waals surface area contributed by atoms with Crippen molar-refractivity contribution in [1.29, 1.82) is 0 Å². The largest absolute Gasteiger partial charge is 0.439 e. The highest BCUT2D eigenvalue weighted by molar-refractivity contribution is 6.11. The predicted molar refractivity (Wildman–Crippen MR) is 146 cm³/mol. The molecule has 4 heteroatoms. The smallest absolute Gasteiger partial charge is 0.219 e. The van der Waals surface area contributed by atoms with Gasteiger partial charge in [0.2, 0.25) is 5.88 Å². The maximum absolute atomic E-state index is 5.99. The molecule has 0 radical (unpaired) electrons. The first kappa shape index (κ1) is 20.4. The van der Waals surface area contributed by atoms with Gasteiger partial charge in [-0.05, 0) is 52.9 Å². The van der Waals surface area contributed by atoms with Gasteiger partial charge in [-0.3, -0.25) is 4.57 Å². The minimum Gasteiger partial charge on any atom is -0.439 e. The zero-order valence-corrected chi connectivity index (χ0v) is 19.4. The number of hydrogen-bond acceptors (Lipinski definition) is 3. The SMILES string of the molecule is c1ccc(Oc2cccc(-c3ccc4c5ccccc5n(-c5nccc6ccccc56)c4c3)c2)nc1. The van der Waals surface area contributed by atoms with Crippen molar-refractivity contribution in [3.63, 3.8) is 0 Å². The summed E-state index contributed by atoms with van der Waals surface area (Å²) in [7, 11) is 0. The molecule has 3 aromatic heterocycles. The summed E-state index contributed by atoms with van der Waals surface area (Å²) >= 11 is 0. The highest BCUT2D eigenvalue weighted by Gasteiger charge is 2.16. The second-order valence-electron chi connectivity index (χ2n) is 8.74. The molecule has 7 aromatic rings. The van der Waals surface area contributed by atoms with Gasteiger partial charge in [-0.1, -0.05) is 72.8 Å². The highest BCUT2D eigenvalue weighted by Crippen LogP contribution is 2.36. The standard InChI is InChI=1S/C32H21N3O/c1-2-11-26-22(8-1)17-19-34-32(26)35-29-13-4-3-12-27(29)28-16-15-24(21-30(28)35)23-9-7-10-25(20-23)36-31-14-5-6-18-33-31/h1-21H. The third kappa shape index (κ3) is 3.39. The van der Waals surface area contributed by atoms with Crippen LogP contribution in [0, 0.1) is 0 Å². The van der Waals surface area contributed by atoms with Crippen LogP contribution in [0.5, 0.6) is 11.6 Å². The molecule has 7 rings (SSSR count). The number of benzene rings is 4. The van der Waals surface area contributed by atoms with E-state index >= 15 is 0 Å². The van der Waals surface area contributed by atoms with Gasteiger partial charge in [-0.2, -0.15) is 0 Å². The van der Waals surface area contributed by atoms with E-state index in [1.165, 1.54) is 16.2 Å². The molecule has 0 saturated carbocycles. The minimum absolute atomic E-state index is 0.576. The van der Waals surface area contributed by atoms with E-state index in [0.29, 0.717) is 5.88 Å². The van der Waals surface area contributed by atoms with E-state index in [0.717, 1.165) is 39.1 Å². The Morgan fingerprint density at radius 2 is 1.33 bits per heavy atom. The molecule has 0 amide bonds. The Morgan fingerprint density at radius 3 is 2.25 bits per heavy atom. The molecular formula is C32H21N3O. The second kappa shape index (κ2) is 8.36. The van der Waals surface area contributed by atoms with E-state index in [1.807, 2.05) is 36.5 Å². The Bertz CT molecular complexity index is 1870. The molecule has 0 aliphatic rings. The molecule has 0 aliphatic heterocycles. The van der Waals surface area contributed by atoms with Crippen molar-refractivity contribution < 1.29 is 4.74 Å². The molecule has 0 spiro atoms. The van der Waals surface area contributed by atoms with Crippen molar-refractivity contribution in [3.8, 4) is 28.6 Å². The number of ether oxygens (including phenoxy) is 1. The molecule has 4 aromatic carbocycles. The average molecular weight is 464 g/mol. The molecule has 0 N–H and O–H groups in total. The number of nitrogens with zero attached hydrogens (tertiary/aromatic N) is 3. The lowest BCUT2D eigenvalue weighted by molar-refractivity contribution is 0.463. The molecule has 0 saturated heterocycles. The number of hydrogen-bond donors (Lipinski definition) is 0. The van der Waals surface area contributed by atoms with Crippen LogP contribution >= 0.6 is 0 Å². The van der Waals surface area contributed by atoms with Gasteiger partial charge in [0, 0.05) is 34.6 Å². The highest BCUT2D eigenvalue weighted by atomic mass is 16.5. The molecule has 0 fully saturated rings. The molecule has 0 bridgehead atoms. The molecule has 0 atom stereocenters. The Labute approximate surface area is 208 Å². The third-order valence-corrected chi connectivity index (χ3v) is 6.57. The number of fused-ring (bicyclic) bond motifs is 4. The fourth-order valence-electron chi connectivity index (χ4n) is 4.93. The van der Waals surface area contributed by atoms with Crippen molar-refractivity contribution in [3.05, 3.63) is 128 Å². The van der Waals surface area contributed by atoms with E-state index in [-0.39, 0.29) is 0 Å². The quantitative estimate of drug-likeness (QED) is 0.264. The van der Waals surface area contributed by atoms with Crippen LogP contribution in [0.25, 0.3) is 49.5 Å². The molecule has 0 aliphatic carbocycles. The molecular weight excluding hydrogens is 442 g/mol. The molecule has 4 nitrogen and oxygen atoms in total. The van der Waals surface area contributed by atoms with Gasteiger partial charge in [-0.25, -0.2) is 9.97 Å². The second-order valence-corrected chi connectivity index (χ2v) is 8.74. The van der Waals surface area contributed by atoms with E-state index in [2.05, 4.69) is 94.5 Å². The Balaban J connectivity index is 1.43. The van der Waals surface area contributed by atoms with Crippen LogP contribution in [0.3, 0.4) is 0 Å². The maximum atomic E-state index is 5.99. The maximum Gasteiger partial charge on any atom is 0.219 e. The van der Waals surface area contributed by atoms with Crippen molar-refractivity contribution in [2.45, 2.75) is 0 Å². The van der Waals surface area contributed by atoms with E-state index in [1.54, 1.807) is 6.20 Å². The Kier molecular flexibility index (Phi) is 4.74. The predicted octanol–water partition coefficient (Wildman–Crippen LogP) is 8.19. The van der Waals surface area contributed by atoms with Gasteiger partial charge in [-0.15, -0.1) is 0 Å². The van der Waals surface area contributed by atoms with Crippen LogP contribution in [0.2, 0.25) is 0 Å². The normalized spacial score (nSPS) is 11.3. The van der Waals surface area contributed by atoms with E-state index in [9.17, 15) is 0 Å². The van der Waals surface area contributed by atoms with Gasteiger partial charge >= 0.3 is 0 Å². The van der Waals surface area contributed by atoms with Crippen molar-refractivity contribution >= 4 is 32.6 Å². The lowest BCUT2D eigenvalue weighted by Gasteiger charge is -2.11. The van der Waals surface area contributed by atoms with Gasteiger partial charge in [0.25, 0.3) is 0 Å². The van der Waals surface area contributed by atoms with Crippen LogP contribution < -0.4 is 4.74 Å². The monoisotopic (exact) mass is 463 g/mol. The fourth-order valence-corrected chi connectivity index (χ4v) is 4.93. The van der Waals surface area contributed by atoms with Crippen LogP contribution in [0.15, 0.2) is 128 Å². The van der Waals surface area contributed by atoms with Crippen molar-refractivity contribution in [2.24, 2.45) is 0 Å². The summed E-state index contributed by atoms with van der Waals surface area (Å²) in [6, 6.07) is 39.4. The van der Waals surface area contributed by atoms with Crippen LogP contribution in [-0.2, 0) is 0 Å². The third-order valence-electron chi connectivity index (χ3n) is 6.57. The van der Waals surface area contributed by atoms with Crippen molar-refractivity contribution in [2.75, 3.05) is 0 Å². The first-order valence-electron chi connectivity index (χ1n) is 11.9. The summed E-state index contributed by atoms with van der Waals surface area (Å²) in [6.45, 7) is 0. The molecule has 3 heterocycles. The lowest BCUT2D eigenvalue weighted by Crippen LogP contribution is -1.98. The number of para-hydroxylation sites is 1. The zero-order chi connectivity index (χ0) is 23.9. The zero-order valence-electron chi connectivity index (χ0n) is 19.4. The summed E-state index contributed by atoms with van der Waals surface area (Å²) < 4.78 is 8.27. The topological polar surface area (TPSA) is 39.9 Å². The first-order valence-corrected chi connectivity index (χ1v) is 11.9. The number of pyridine rings is 2. The summed E-state index contributed by atoms with van der Waals surface area (Å²) in [5.41, 5.74) is 4.45. The summed E-state index contributed by atoms with van der Waals surface area (Å²) in [5.74, 6) is 2.26. The summed E-state index contributed by atoms with van der Waals surface area (Å²) in [5, 5.41) is 4.70. The summed E-state index contributed by atoms with van der Waals surface area (Å²) in [6.07, 6.45) is 3.62. The minimum atomic E-state index is 0.576. The number of rotatable bonds is 4.